The van der Waals surface area contributed by atoms with E-state index in [0.29, 0.717) is 16.9 Å². The minimum absolute atomic E-state index is 0.182. The second-order valence-corrected chi connectivity index (χ2v) is 5.67. The van der Waals surface area contributed by atoms with Crippen LogP contribution in [0.1, 0.15) is 34.5 Å². The van der Waals surface area contributed by atoms with E-state index >= 15 is 0 Å². The monoisotopic (exact) mass is 338 g/mol. The molecule has 0 saturated carbocycles. The standard InChI is InChI=1S/C21H16F2O2/c1-14(15-2-8-18(22)9-3-15)25-20-12-6-17(7-13-20)21(24)16-4-10-19(23)11-5-16/h2-14H,1H3/t14-/m0/s1. The minimum atomic E-state index is -0.380. The first-order valence-electron chi connectivity index (χ1n) is 7.85. The van der Waals surface area contributed by atoms with Gasteiger partial charge in [0.25, 0.3) is 0 Å². The second kappa shape index (κ2) is 7.26. The third kappa shape index (κ3) is 4.10. The molecule has 0 amide bonds. The maximum atomic E-state index is 13.0. The average Bonchev–Trinajstić information content (AvgIpc) is 2.63. The topological polar surface area (TPSA) is 26.3 Å². The van der Waals surface area contributed by atoms with Crippen LogP contribution in [0.4, 0.5) is 8.78 Å². The minimum Gasteiger partial charge on any atom is -0.486 e. The van der Waals surface area contributed by atoms with Crippen molar-refractivity contribution in [1.29, 1.82) is 0 Å². The van der Waals surface area contributed by atoms with E-state index in [9.17, 15) is 13.6 Å². The Balaban J connectivity index is 1.70. The van der Waals surface area contributed by atoms with Crippen LogP contribution < -0.4 is 4.74 Å². The van der Waals surface area contributed by atoms with Gasteiger partial charge in [0.05, 0.1) is 0 Å². The molecule has 0 aliphatic carbocycles. The van der Waals surface area contributed by atoms with Crippen molar-refractivity contribution in [3.63, 3.8) is 0 Å². The summed E-state index contributed by atoms with van der Waals surface area (Å²) in [6.45, 7) is 1.87. The maximum Gasteiger partial charge on any atom is 0.193 e. The highest BCUT2D eigenvalue weighted by Crippen LogP contribution is 2.23. The molecule has 0 aliphatic heterocycles. The zero-order chi connectivity index (χ0) is 17.8. The van der Waals surface area contributed by atoms with Gasteiger partial charge < -0.3 is 4.74 Å². The first kappa shape index (κ1) is 16.8. The normalized spacial score (nSPS) is 11.8. The van der Waals surface area contributed by atoms with E-state index in [0.717, 1.165) is 5.56 Å². The van der Waals surface area contributed by atoms with Crippen molar-refractivity contribution in [2.75, 3.05) is 0 Å². The summed E-state index contributed by atoms with van der Waals surface area (Å²) in [5.74, 6) is -0.250. The third-order valence-corrected chi connectivity index (χ3v) is 3.88. The molecule has 4 heteroatoms. The Labute approximate surface area is 144 Å². The van der Waals surface area contributed by atoms with Crippen molar-refractivity contribution in [2.24, 2.45) is 0 Å². The molecule has 25 heavy (non-hydrogen) atoms. The molecule has 3 aromatic carbocycles. The zero-order valence-electron chi connectivity index (χ0n) is 13.6. The number of ether oxygens (including phenoxy) is 1. The predicted octanol–water partition coefficient (Wildman–Crippen LogP) is 5.34. The number of benzene rings is 3. The molecule has 0 radical (unpaired) electrons. The summed E-state index contributed by atoms with van der Waals surface area (Å²) < 4.78 is 31.7. The molecule has 1 atom stereocenters. The van der Waals surface area contributed by atoms with E-state index < -0.39 is 0 Å². The van der Waals surface area contributed by atoms with Crippen LogP contribution in [0.25, 0.3) is 0 Å². The Hall–Kier alpha value is -3.01. The van der Waals surface area contributed by atoms with Gasteiger partial charge in [-0.25, -0.2) is 8.78 Å². The summed E-state index contributed by atoms with van der Waals surface area (Å²) in [5, 5.41) is 0. The van der Waals surface area contributed by atoms with Gasteiger partial charge in [-0.05, 0) is 73.2 Å². The average molecular weight is 338 g/mol. The number of carbonyl (C=O) groups is 1. The molecule has 3 aromatic rings. The van der Waals surface area contributed by atoms with Crippen LogP contribution >= 0.6 is 0 Å². The van der Waals surface area contributed by atoms with Gasteiger partial charge in [-0.15, -0.1) is 0 Å². The number of halogens is 2. The van der Waals surface area contributed by atoms with Crippen LogP contribution in [0.5, 0.6) is 5.75 Å². The molecule has 0 unspecified atom stereocenters. The highest BCUT2D eigenvalue weighted by molar-refractivity contribution is 6.08. The molecular formula is C21H16F2O2. The highest BCUT2D eigenvalue weighted by Gasteiger charge is 2.11. The van der Waals surface area contributed by atoms with E-state index in [-0.39, 0.29) is 23.5 Å². The summed E-state index contributed by atoms with van der Waals surface area (Å²) in [4.78, 5) is 12.3. The predicted molar refractivity (Wildman–Crippen MR) is 91.7 cm³/mol. The van der Waals surface area contributed by atoms with Gasteiger partial charge in [-0.3, -0.25) is 4.79 Å². The zero-order valence-corrected chi connectivity index (χ0v) is 13.6. The van der Waals surface area contributed by atoms with Crippen LogP contribution in [-0.4, -0.2) is 5.78 Å². The lowest BCUT2D eigenvalue weighted by Crippen LogP contribution is -2.04. The fourth-order valence-electron chi connectivity index (χ4n) is 2.46. The highest BCUT2D eigenvalue weighted by atomic mass is 19.1. The van der Waals surface area contributed by atoms with Crippen LogP contribution in [0.2, 0.25) is 0 Å². The smallest absolute Gasteiger partial charge is 0.193 e. The van der Waals surface area contributed by atoms with Gasteiger partial charge in [0, 0.05) is 11.1 Å². The molecule has 0 heterocycles. The van der Waals surface area contributed by atoms with Crippen LogP contribution in [0, 0.1) is 11.6 Å². The lowest BCUT2D eigenvalue weighted by atomic mass is 10.0. The van der Waals surface area contributed by atoms with Crippen molar-refractivity contribution in [3.05, 3.63) is 101 Å². The first-order chi connectivity index (χ1) is 12.0. The lowest BCUT2D eigenvalue weighted by molar-refractivity contribution is 0.103. The van der Waals surface area contributed by atoms with Crippen molar-refractivity contribution in [2.45, 2.75) is 13.0 Å². The van der Waals surface area contributed by atoms with Crippen molar-refractivity contribution in [3.8, 4) is 5.75 Å². The third-order valence-electron chi connectivity index (χ3n) is 3.88. The summed E-state index contributed by atoms with van der Waals surface area (Å²) in [5.41, 5.74) is 1.77. The largest absolute Gasteiger partial charge is 0.486 e. The number of hydrogen-bond donors (Lipinski definition) is 0. The Morgan fingerprint density at radius 2 is 1.20 bits per heavy atom. The van der Waals surface area contributed by atoms with Crippen LogP contribution in [-0.2, 0) is 0 Å². The Bertz CT molecular complexity index is 854. The Morgan fingerprint density at radius 1 is 0.760 bits per heavy atom. The fraction of sp³-hybridized carbons (Fsp3) is 0.0952. The van der Waals surface area contributed by atoms with E-state index in [4.69, 9.17) is 4.74 Å². The van der Waals surface area contributed by atoms with Gasteiger partial charge in [-0.2, -0.15) is 0 Å². The number of ketones is 1. The molecule has 0 aromatic heterocycles. The van der Waals surface area contributed by atoms with Gasteiger partial charge in [0.15, 0.2) is 5.78 Å². The number of rotatable bonds is 5. The maximum absolute atomic E-state index is 13.0. The molecule has 126 valence electrons. The van der Waals surface area contributed by atoms with Crippen molar-refractivity contribution in [1.82, 2.24) is 0 Å². The van der Waals surface area contributed by atoms with Crippen LogP contribution in [0.3, 0.4) is 0 Å². The van der Waals surface area contributed by atoms with Crippen molar-refractivity contribution < 1.29 is 18.3 Å². The molecule has 0 bridgehead atoms. The van der Waals surface area contributed by atoms with Crippen LogP contribution in [0.15, 0.2) is 72.8 Å². The number of carbonyl (C=O) groups excluding carboxylic acids is 1. The van der Waals surface area contributed by atoms with Crippen molar-refractivity contribution >= 4 is 5.78 Å². The molecule has 0 aliphatic rings. The molecule has 2 nitrogen and oxygen atoms in total. The van der Waals surface area contributed by atoms with Gasteiger partial charge in [0.2, 0.25) is 0 Å². The SMILES string of the molecule is C[C@H](Oc1ccc(C(=O)c2ccc(F)cc2)cc1)c1ccc(F)cc1. The molecule has 0 spiro atoms. The Kier molecular flexibility index (Phi) is 4.89. The van der Waals surface area contributed by atoms with Gasteiger partial charge in [0.1, 0.15) is 23.5 Å². The molecule has 0 N–H and O–H groups in total. The Morgan fingerprint density at radius 3 is 1.72 bits per heavy atom. The van der Waals surface area contributed by atoms with E-state index in [1.807, 2.05) is 6.92 Å². The first-order valence-corrected chi connectivity index (χ1v) is 7.85. The van der Waals surface area contributed by atoms with Gasteiger partial charge >= 0.3 is 0 Å². The molecule has 0 fully saturated rings. The number of hydrogen-bond acceptors (Lipinski definition) is 2. The summed E-state index contributed by atoms with van der Waals surface area (Å²) in [6, 6.07) is 18.3. The quantitative estimate of drug-likeness (QED) is 0.587. The summed E-state index contributed by atoms with van der Waals surface area (Å²) in [6.07, 6.45) is -0.251. The summed E-state index contributed by atoms with van der Waals surface area (Å²) in [7, 11) is 0. The lowest BCUT2D eigenvalue weighted by Gasteiger charge is -2.15. The summed E-state index contributed by atoms with van der Waals surface area (Å²) >= 11 is 0. The molecule has 3 rings (SSSR count). The van der Waals surface area contributed by atoms with Gasteiger partial charge in [-0.1, -0.05) is 12.1 Å². The fourth-order valence-corrected chi connectivity index (χ4v) is 2.46. The second-order valence-electron chi connectivity index (χ2n) is 5.67. The van der Waals surface area contributed by atoms with E-state index in [1.54, 1.807) is 36.4 Å². The van der Waals surface area contributed by atoms with E-state index in [1.165, 1.54) is 36.4 Å². The molecular weight excluding hydrogens is 322 g/mol. The molecule has 0 saturated heterocycles. The van der Waals surface area contributed by atoms with E-state index in [2.05, 4.69) is 0 Å².